The Morgan fingerprint density at radius 2 is 2.00 bits per heavy atom. The highest BCUT2D eigenvalue weighted by Gasteiger charge is 2.13. The van der Waals surface area contributed by atoms with Crippen LogP contribution in [0.25, 0.3) is 0 Å². The summed E-state index contributed by atoms with van der Waals surface area (Å²) in [4.78, 5) is 4.08. The van der Waals surface area contributed by atoms with Gasteiger partial charge in [0.1, 0.15) is 10.4 Å². The Bertz CT molecular complexity index is 328. The lowest BCUT2D eigenvalue weighted by Crippen LogP contribution is -1.98. The van der Waals surface area contributed by atoms with Gasteiger partial charge in [0, 0.05) is 16.5 Å². The van der Waals surface area contributed by atoms with Gasteiger partial charge in [-0.1, -0.05) is 15.9 Å². The summed E-state index contributed by atoms with van der Waals surface area (Å²) >= 11 is 6.54. The topological polar surface area (TPSA) is 53.4 Å². The molecular formula is C8H9Br2NO2. The molecule has 1 heterocycles. The Morgan fingerprint density at radius 3 is 2.46 bits per heavy atom. The summed E-state index contributed by atoms with van der Waals surface area (Å²) in [6.45, 7) is 1.51. The van der Waals surface area contributed by atoms with Crippen LogP contribution in [0.4, 0.5) is 0 Å². The van der Waals surface area contributed by atoms with Crippen LogP contribution < -0.4 is 0 Å². The molecule has 0 aliphatic carbocycles. The van der Waals surface area contributed by atoms with Gasteiger partial charge in [0.25, 0.3) is 0 Å². The predicted octanol–water partition coefficient (Wildman–Crippen LogP) is 2.25. The predicted molar refractivity (Wildman–Crippen MR) is 56.9 cm³/mol. The first kappa shape index (κ1) is 10.9. The van der Waals surface area contributed by atoms with Gasteiger partial charge in [0.05, 0.1) is 12.3 Å². The zero-order valence-electron chi connectivity index (χ0n) is 7.01. The van der Waals surface area contributed by atoms with Crippen molar-refractivity contribution in [2.45, 2.75) is 18.9 Å². The molecule has 2 N–H and O–H groups in total. The molecule has 0 amide bonds. The van der Waals surface area contributed by atoms with E-state index in [1.165, 1.54) is 0 Å². The van der Waals surface area contributed by atoms with Crippen LogP contribution in [-0.4, -0.2) is 15.2 Å². The third-order valence-electron chi connectivity index (χ3n) is 1.80. The molecular weight excluding hydrogens is 302 g/mol. The molecule has 0 aliphatic heterocycles. The molecule has 0 atom stereocenters. The second kappa shape index (κ2) is 4.39. The van der Waals surface area contributed by atoms with Crippen LogP contribution >= 0.6 is 31.9 Å². The molecule has 0 saturated heterocycles. The molecule has 0 bridgehead atoms. The summed E-state index contributed by atoms with van der Waals surface area (Å²) in [5, 5.41) is 19.2. The molecule has 0 unspecified atom stereocenters. The summed E-state index contributed by atoms with van der Waals surface area (Å²) in [7, 11) is 0. The first-order chi connectivity index (χ1) is 6.11. The minimum Gasteiger partial charge on any atom is -0.506 e. The molecule has 0 aromatic carbocycles. The van der Waals surface area contributed by atoms with Crippen LogP contribution in [0.2, 0.25) is 0 Å². The van der Waals surface area contributed by atoms with Crippen LogP contribution in [0.15, 0.2) is 4.60 Å². The van der Waals surface area contributed by atoms with E-state index in [1.54, 1.807) is 6.92 Å². The largest absolute Gasteiger partial charge is 0.506 e. The van der Waals surface area contributed by atoms with Gasteiger partial charge >= 0.3 is 0 Å². The van der Waals surface area contributed by atoms with Crippen molar-refractivity contribution in [3.05, 3.63) is 21.4 Å². The summed E-state index contributed by atoms with van der Waals surface area (Å²) < 4.78 is 0.656. The van der Waals surface area contributed by atoms with Gasteiger partial charge in [-0.3, -0.25) is 0 Å². The first-order valence-corrected chi connectivity index (χ1v) is 5.56. The molecule has 1 rings (SSSR count). The van der Waals surface area contributed by atoms with E-state index < -0.39 is 0 Å². The molecule has 1 aromatic rings. The van der Waals surface area contributed by atoms with Crippen molar-refractivity contribution in [2.75, 3.05) is 0 Å². The Balaban J connectivity index is 3.41. The summed E-state index contributed by atoms with van der Waals surface area (Å²) in [5.74, 6) is 0.0696. The second-order valence-electron chi connectivity index (χ2n) is 2.59. The third kappa shape index (κ3) is 2.03. The van der Waals surface area contributed by atoms with Crippen LogP contribution in [0.5, 0.6) is 5.75 Å². The minimum absolute atomic E-state index is 0.0696. The number of pyridine rings is 1. The smallest absolute Gasteiger partial charge is 0.142 e. The Morgan fingerprint density at radius 1 is 1.38 bits per heavy atom. The van der Waals surface area contributed by atoms with E-state index in [9.17, 15) is 5.11 Å². The molecule has 3 nitrogen and oxygen atoms in total. The maximum absolute atomic E-state index is 9.57. The Kier molecular flexibility index (Phi) is 3.70. The number of aromatic hydroxyl groups is 1. The molecule has 5 heteroatoms. The van der Waals surface area contributed by atoms with E-state index in [1.807, 2.05) is 0 Å². The van der Waals surface area contributed by atoms with Crippen molar-refractivity contribution in [3.8, 4) is 5.75 Å². The number of alkyl halides is 1. The Hall–Kier alpha value is -0.130. The number of aromatic nitrogens is 1. The van der Waals surface area contributed by atoms with Crippen molar-refractivity contribution in [2.24, 2.45) is 0 Å². The fourth-order valence-electron chi connectivity index (χ4n) is 1.06. The number of hydrogen-bond donors (Lipinski definition) is 2. The maximum Gasteiger partial charge on any atom is 0.142 e. The number of aliphatic hydroxyl groups is 1. The van der Waals surface area contributed by atoms with Gasteiger partial charge in [-0.15, -0.1) is 0 Å². The number of aryl methyl sites for hydroxylation is 1. The fraction of sp³-hybridized carbons (Fsp3) is 0.375. The molecule has 0 saturated carbocycles. The lowest BCUT2D eigenvalue weighted by molar-refractivity contribution is 0.273. The molecule has 72 valence electrons. The van der Waals surface area contributed by atoms with Gasteiger partial charge in [-0.2, -0.15) is 0 Å². The van der Waals surface area contributed by atoms with Crippen molar-refractivity contribution in [3.63, 3.8) is 0 Å². The van der Waals surface area contributed by atoms with E-state index in [2.05, 4.69) is 36.8 Å². The van der Waals surface area contributed by atoms with Gasteiger partial charge in [-0.05, 0) is 22.9 Å². The van der Waals surface area contributed by atoms with E-state index in [0.29, 0.717) is 21.2 Å². The van der Waals surface area contributed by atoms with Gasteiger partial charge in [0.15, 0.2) is 0 Å². The van der Waals surface area contributed by atoms with Crippen LogP contribution in [-0.2, 0) is 11.9 Å². The average molecular weight is 311 g/mol. The number of rotatable bonds is 2. The van der Waals surface area contributed by atoms with E-state index in [4.69, 9.17) is 5.11 Å². The van der Waals surface area contributed by atoms with Crippen LogP contribution in [0.1, 0.15) is 16.8 Å². The van der Waals surface area contributed by atoms with Crippen LogP contribution in [0.3, 0.4) is 0 Å². The fourth-order valence-corrected chi connectivity index (χ4v) is 2.69. The van der Waals surface area contributed by atoms with Crippen molar-refractivity contribution in [1.82, 2.24) is 4.98 Å². The standard InChI is InChI=1S/C8H9Br2NO2/c1-4-7(13)6(3-12)5(2-9)8(10)11-4/h12-13H,2-3H2,1H3. The van der Waals surface area contributed by atoms with Gasteiger partial charge in [-0.25, -0.2) is 4.98 Å². The van der Waals surface area contributed by atoms with Crippen molar-refractivity contribution in [1.29, 1.82) is 0 Å². The lowest BCUT2D eigenvalue weighted by atomic mass is 10.1. The number of hydrogen-bond acceptors (Lipinski definition) is 3. The molecule has 0 radical (unpaired) electrons. The first-order valence-electron chi connectivity index (χ1n) is 3.65. The highest BCUT2D eigenvalue weighted by atomic mass is 79.9. The SMILES string of the molecule is Cc1nc(Br)c(CBr)c(CO)c1O. The zero-order valence-corrected chi connectivity index (χ0v) is 10.2. The van der Waals surface area contributed by atoms with E-state index >= 15 is 0 Å². The minimum atomic E-state index is -0.186. The average Bonchev–Trinajstić information content (AvgIpc) is 2.10. The second-order valence-corrected chi connectivity index (χ2v) is 3.90. The number of aliphatic hydroxyl groups excluding tert-OH is 1. The van der Waals surface area contributed by atoms with E-state index in [0.717, 1.165) is 5.56 Å². The highest BCUT2D eigenvalue weighted by molar-refractivity contribution is 9.10. The number of nitrogens with zero attached hydrogens (tertiary/aromatic N) is 1. The zero-order chi connectivity index (χ0) is 10.0. The maximum atomic E-state index is 9.57. The normalized spacial score (nSPS) is 10.5. The molecule has 0 fully saturated rings. The molecule has 0 aliphatic rings. The molecule has 1 aromatic heterocycles. The third-order valence-corrected chi connectivity index (χ3v) is 3.02. The molecule has 13 heavy (non-hydrogen) atoms. The van der Waals surface area contributed by atoms with Gasteiger partial charge in [0.2, 0.25) is 0 Å². The lowest BCUT2D eigenvalue weighted by Gasteiger charge is -2.10. The quantitative estimate of drug-likeness (QED) is 0.651. The summed E-state index contributed by atoms with van der Waals surface area (Å²) in [5.41, 5.74) is 1.82. The van der Waals surface area contributed by atoms with Crippen molar-refractivity contribution < 1.29 is 10.2 Å². The molecule has 0 spiro atoms. The Labute approximate surface area is 93.1 Å². The highest BCUT2D eigenvalue weighted by Crippen LogP contribution is 2.30. The van der Waals surface area contributed by atoms with Gasteiger partial charge < -0.3 is 10.2 Å². The summed E-state index contributed by atoms with van der Waals surface area (Å²) in [6.07, 6.45) is 0. The summed E-state index contributed by atoms with van der Waals surface area (Å²) in [6, 6.07) is 0. The van der Waals surface area contributed by atoms with E-state index in [-0.39, 0.29) is 12.4 Å². The number of halogens is 2. The van der Waals surface area contributed by atoms with Crippen LogP contribution in [0, 0.1) is 6.92 Å². The monoisotopic (exact) mass is 309 g/mol. The van der Waals surface area contributed by atoms with Crippen molar-refractivity contribution >= 4 is 31.9 Å².